The molecular formula is C18H20O2. The quantitative estimate of drug-likeness (QED) is 0.755. The van der Waals surface area contributed by atoms with Gasteiger partial charge in [-0.15, -0.1) is 0 Å². The second-order valence-corrected chi connectivity index (χ2v) is 5.00. The molecule has 0 aliphatic rings. The fourth-order valence-electron chi connectivity index (χ4n) is 1.97. The largest absolute Gasteiger partial charge is 0.494 e. The molecule has 0 amide bonds. The Bertz CT molecular complexity index is 597. The first-order valence-electron chi connectivity index (χ1n) is 6.96. The Morgan fingerprint density at radius 1 is 0.950 bits per heavy atom. The number of ether oxygens (including phenoxy) is 1. The topological polar surface area (TPSA) is 26.3 Å². The number of carbonyl (C=O) groups is 1. The third-order valence-corrected chi connectivity index (χ3v) is 3.36. The van der Waals surface area contributed by atoms with E-state index in [1.807, 2.05) is 56.3 Å². The summed E-state index contributed by atoms with van der Waals surface area (Å²) < 4.78 is 5.52. The van der Waals surface area contributed by atoms with E-state index in [1.54, 1.807) is 0 Å². The van der Waals surface area contributed by atoms with Crippen molar-refractivity contribution in [1.82, 2.24) is 0 Å². The van der Waals surface area contributed by atoms with Gasteiger partial charge in [0.05, 0.1) is 6.61 Å². The molecule has 2 rings (SSSR count). The number of ketones is 1. The molecular weight excluding hydrogens is 248 g/mol. The van der Waals surface area contributed by atoms with Crippen LogP contribution in [0.15, 0.2) is 42.5 Å². The van der Waals surface area contributed by atoms with Crippen molar-refractivity contribution in [2.75, 3.05) is 6.61 Å². The molecule has 0 saturated heterocycles. The molecule has 0 unspecified atom stereocenters. The van der Waals surface area contributed by atoms with Gasteiger partial charge in [0.1, 0.15) is 5.75 Å². The molecule has 20 heavy (non-hydrogen) atoms. The maximum Gasteiger partial charge on any atom is 0.193 e. The Labute approximate surface area is 120 Å². The predicted molar refractivity (Wildman–Crippen MR) is 81.6 cm³/mol. The molecule has 0 radical (unpaired) electrons. The highest BCUT2D eigenvalue weighted by molar-refractivity contribution is 6.09. The van der Waals surface area contributed by atoms with Crippen molar-refractivity contribution in [2.24, 2.45) is 0 Å². The number of benzene rings is 2. The highest BCUT2D eigenvalue weighted by Crippen LogP contribution is 2.17. The molecule has 0 heterocycles. The van der Waals surface area contributed by atoms with Gasteiger partial charge in [0.2, 0.25) is 0 Å². The third kappa shape index (κ3) is 3.27. The molecule has 0 atom stereocenters. The van der Waals surface area contributed by atoms with E-state index in [0.29, 0.717) is 12.2 Å². The molecule has 0 aliphatic heterocycles. The van der Waals surface area contributed by atoms with Crippen LogP contribution in [0.5, 0.6) is 5.75 Å². The molecule has 2 aromatic carbocycles. The first-order chi connectivity index (χ1) is 9.61. The monoisotopic (exact) mass is 268 g/mol. The van der Waals surface area contributed by atoms with Gasteiger partial charge < -0.3 is 4.74 Å². The lowest BCUT2D eigenvalue weighted by Crippen LogP contribution is -2.02. The van der Waals surface area contributed by atoms with E-state index in [9.17, 15) is 4.79 Å². The summed E-state index contributed by atoms with van der Waals surface area (Å²) in [6.07, 6.45) is 0.976. The Morgan fingerprint density at radius 3 is 2.20 bits per heavy atom. The van der Waals surface area contributed by atoms with Crippen molar-refractivity contribution in [2.45, 2.75) is 27.2 Å². The van der Waals surface area contributed by atoms with Gasteiger partial charge in [0.15, 0.2) is 5.78 Å². The second-order valence-electron chi connectivity index (χ2n) is 5.00. The van der Waals surface area contributed by atoms with Gasteiger partial charge in [-0.3, -0.25) is 4.79 Å². The normalized spacial score (nSPS) is 10.3. The summed E-state index contributed by atoms with van der Waals surface area (Å²) in [5.41, 5.74) is 3.76. The minimum absolute atomic E-state index is 0.0511. The van der Waals surface area contributed by atoms with Crippen LogP contribution in [-0.4, -0.2) is 12.4 Å². The standard InChI is InChI=1S/C18H20O2/c1-4-11-20-17-9-7-15(8-10-17)18(19)16-6-5-13(2)14(3)12-16/h5-10,12H,4,11H2,1-3H3. The number of aryl methyl sites for hydroxylation is 2. The van der Waals surface area contributed by atoms with Gasteiger partial charge in [-0.25, -0.2) is 0 Å². The van der Waals surface area contributed by atoms with Gasteiger partial charge >= 0.3 is 0 Å². The van der Waals surface area contributed by atoms with E-state index in [2.05, 4.69) is 6.92 Å². The summed E-state index contributed by atoms with van der Waals surface area (Å²) in [7, 11) is 0. The zero-order valence-corrected chi connectivity index (χ0v) is 12.3. The van der Waals surface area contributed by atoms with Gasteiger partial charge in [-0.05, 0) is 61.7 Å². The highest BCUT2D eigenvalue weighted by Gasteiger charge is 2.09. The van der Waals surface area contributed by atoms with E-state index in [0.717, 1.165) is 23.3 Å². The smallest absolute Gasteiger partial charge is 0.193 e. The van der Waals surface area contributed by atoms with Crippen LogP contribution in [0.2, 0.25) is 0 Å². The van der Waals surface area contributed by atoms with Gasteiger partial charge in [0, 0.05) is 11.1 Å². The molecule has 2 aromatic rings. The number of hydrogen-bond acceptors (Lipinski definition) is 2. The number of carbonyl (C=O) groups excluding carboxylic acids is 1. The van der Waals surface area contributed by atoms with E-state index in [4.69, 9.17) is 4.74 Å². The summed E-state index contributed by atoms with van der Waals surface area (Å²) >= 11 is 0. The molecule has 0 fully saturated rings. The van der Waals surface area contributed by atoms with Crippen LogP contribution in [0.1, 0.15) is 40.4 Å². The highest BCUT2D eigenvalue weighted by atomic mass is 16.5. The SMILES string of the molecule is CCCOc1ccc(C(=O)c2ccc(C)c(C)c2)cc1. The van der Waals surface area contributed by atoms with Crippen molar-refractivity contribution in [3.63, 3.8) is 0 Å². The number of hydrogen-bond donors (Lipinski definition) is 0. The Hall–Kier alpha value is -2.09. The molecule has 104 valence electrons. The van der Waals surface area contributed by atoms with Gasteiger partial charge in [-0.2, -0.15) is 0 Å². The molecule has 0 saturated carbocycles. The van der Waals surface area contributed by atoms with Crippen molar-refractivity contribution >= 4 is 5.78 Å². The van der Waals surface area contributed by atoms with Crippen molar-refractivity contribution in [3.05, 3.63) is 64.7 Å². The summed E-state index contributed by atoms with van der Waals surface area (Å²) in [5, 5.41) is 0. The molecule has 0 aliphatic carbocycles. The van der Waals surface area contributed by atoms with Crippen LogP contribution in [-0.2, 0) is 0 Å². The average molecular weight is 268 g/mol. The maximum atomic E-state index is 12.4. The fourth-order valence-corrected chi connectivity index (χ4v) is 1.97. The van der Waals surface area contributed by atoms with Gasteiger partial charge in [-0.1, -0.05) is 19.1 Å². The lowest BCUT2D eigenvalue weighted by Gasteiger charge is -2.07. The van der Waals surface area contributed by atoms with Crippen LogP contribution in [0.25, 0.3) is 0 Å². The lowest BCUT2D eigenvalue weighted by molar-refractivity contribution is 0.103. The van der Waals surface area contributed by atoms with Crippen molar-refractivity contribution < 1.29 is 9.53 Å². The lowest BCUT2D eigenvalue weighted by atomic mass is 9.99. The van der Waals surface area contributed by atoms with E-state index in [1.165, 1.54) is 5.56 Å². The zero-order chi connectivity index (χ0) is 14.5. The average Bonchev–Trinajstić information content (AvgIpc) is 2.48. The molecule has 0 spiro atoms. The van der Waals surface area contributed by atoms with Gasteiger partial charge in [0.25, 0.3) is 0 Å². The molecule has 0 N–H and O–H groups in total. The maximum absolute atomic E-state index is 12.4. The van der Waals surface area contributed by atoms with Crippen LogP contribution < -0.4 is 4.74 Å². The molecule has 0 aromatic heterocycles. The fraction of sp³-hybridized carbons (Fsp3) is 0.278. The third-order valence-electron chi connectivity index (χ3n) is 3.36. The zero-order valence-electron chi connectivity index (χ0n) is 12.3. The minimum Gasteiger partial charge on any atom is -0.494 e. The van der Waals surface area contributed by atoms with Crippen LogP contribution in [0.3, 0.4) is 0 Å². The van der Waals surface area contributed by atoms with Crippen LogP contribution in [0, 0.1) is 13.8 Å². The summed E-state index contributed by atoms with van der Waals surface area (Å²) in [4.78, 5) is 12.4. The molecule has 0 bridgehead atoms. The summed E-state index contributed by atoms with van der Waals surface area (Å²) in [5.74, 6) is 0.860. The van der Waals surface area contributed by atoms with Crippen LogP contribution >= 0.6 is 0 Å². The summed E-state index contributed by atoms with van der Waals surface area (Å²) in [6, 6.07) is 13.2. The van der Waals surface area contributed by atoms with E-state index < -0.39 is 0 Å². The van der Waals surface area contributed by atoms with Crippen molar-refractivity contribution in [3.8, 4) is 5.75 Å². The van der Waals surface area contributed by atoms with E-state index in [-0.39, 0.29) is 5.78 Å². The van der Waals surface area contributed by atoms with Crippen molar-refractivity contribution in [1.29, 1.82) is 0 Å². The van der Waals surface area contributed by atoms with Crippen LogP contribution in [0.4, 0.5) is 0 Å². The Morgan fingerprint density at radius 2 is 1.60 bits per heavy atom. The molecule has 2 heteroatoms. The first-order valence-corrected chi connectivity index (χ1v) is 6.96. The predicted octanol–water partition coefficient (Wildman–Crippen LogP) is 4.32. The molecule has 2 nitrogen and oxygen atoms in total. The Kier molecular flexibility index (Phi) is 4.57. The summed E-state index contributed by atoms with van der Waals surface area (Å²) in [6.45, 7) is 6.83. The Balaban J connectivity index is 2.18. The number of rotatable bonds is 5. The first kappa shape index (κ1) is 14.3. The minimum atomic E-state index is 0.0511. The van der Waals surface area contributed by atoms with E-state index >= 15 is 0 Å². The second kappa shape index (κ2) is 6.38.